The average Bonchev–Trinajstić information content (AvgIpc) is 3.24. The maximum Gasteiger partial charge on any atom is 0.150 e. The number of allylic oxidation sites excluding steroid dienone is 2. The first-order chi connectivity index (χ1) is 12.2. The number of rotatable bonds is 5. The van der Waals surface area contributed by atoms with Crippen molar-refractivity contribution in [3.63, 3.8) is 0 Å². The lowest BCUT2D eigenvalue weighted by Gasteiger charge is -2.21. The minimum absolute atomic E-state index is 0.183. The Morgan fingerprint density at radius 2 is 1.96 bits per heavy atom. The molecule has 1 fully saturated rings. The number of hydrogen-bond donors (Lipinski definition) is 0. The van der Waals surface area contributed by atoms with Crippen LogP contribution in [0.4, 0.5) is 0 Å². The fourth-order valence-electron chi connectivity index (χ4n) is 3.45. The Kier molecular flexibility index (Phi) is 3.99. The quantitative estimate of drug-likeness (QED) is 0.706. The number of aromatic nitrogens is 5. The largest absolute Gasteiger partial charge is 0.319 e. The first-order valence-electron chi connectivity index (χ1n) is 8.80. The molecule has 128 valence electrons. The minimum Gasteiger partial charge on any atom is -0.319 e. The molecule has 25 heavy (non-hydrogen) atoms. The summed E-state index contributed by atoms with van der Waals surface area (Å²) in [6.07, 6.45) is 8.22. The molecule has 1 unspecified atom stereocenters. The second-order valence-corrected chi connectivity index (χ2v) is 6.71. The molecule has 0 amide bonds. The highest BCUT2D eigenvalue weighted by Gasteiger charge is 2.38. The summed E-state index contributed by atoms with van der Waals surface area (Å²) >= 11 is 0. The van der Waals surface area contributed by atoms with Crippen LogP contribution < -0.4 is 0 Å². The first kappa shape index (κ1) is 15.8. The number of imidazole rings is 1. The van der Waals surface area contributed by atoms with Gasteiger partial charge >= 0.3 is 0 Å². The standard InChI is InChI=1S/C20H23N5/c1-4-14(2)18-17(15-8-6-5-7-9-15)22-13-25(18)19(16-10-11-16)20-21-12-23-24(20)3/h4-9,12-13,16,19H,10-11H2,1-3H3/b14-4+. The zero-order chi connectivity index (χ0) is 17.4. The van der Waals surface area contributed by atoms with Gasteiger partial charge in [-0.1, -0.05) is 36.4 Å². The maximum atomic E-state index is 4.79. The van der Waals surface area contributed by atoms with E-state index in [1.165, 1.54) is 24.1 Å². The number of nitrogens with zero attached hydrogens (tertiary/aromatic N) is 5. The van der Waals surface area contributed by atoms with Gasteiger partial charge in [-0.25, -0.2) is 9.97 Å². The Morgan fingerprint density at radius 3 is 2.56 bits per heavy atom. The van der Waals surface area contributed by atoms with Crippen LogP contribution in [0.2, 0.25) is 0 Å². The van der Waals surface area contributed by atoms with Crippen LogP contribution in [-0.2, 0) is 7.05 Å². The zero-order valence-corrected chi connectivity index (χ0v) is 14.9. The summed E-state index contributed by atoms with van der Waals surface area (Å²) in [7, 11) is 1.97. The molecule has 0 bridgehead atoms. The number of benzene rings is 1. The lowest BCUT2D eigenvalue weighted by Crippen LogP contribution is -2.19. The summed E-state index contributed by atoms with van der Waals surface area (Å²) in [6.45, 7) is 4.23. The highest BCUT2D eigenvalue weighted by atomic mass is 15.3. The lowest BCUT2D eigenvalue weighted by molar-refractivity contribution is 0.466. The fraction of sp³-hybridized carbons (Fsp3) is 0.350. The Morgan fingerprint density at radius 1 is 1.20 bits per heavy atom. The van der Waals surface area contributed by atoms with Gasteiger partial charge in [-0.3, -0.25) is 4.68 Å². The SMILES string of the molecule is C/C=C(\C)c1c(-c2ccccc2)ncn1C(c1ncnn1C)C1CC1. The van der Waals surface area contributed by atoms with Gasteiger partial charge in [-0.15, -0.1) is 0 Å². The number of aryl methyl sites for hydroxylation is 1. The fourth-order valence-corrected chi connectivity index (χ4v) is 3.45. The predicted octanol–water partition coefficient (Wildman–Crippen LogP) is 4.10. The molecular formula is C20H23N5. The summed E-state index contributed by atoms with van der Waals surface area (Å²) < 4.78 is 4.19. The van der Waals surface area contributed by atoms with Gasteiger partial charge in [0.1, 0.15) is 12.2 Å². The predicted molar refractivity (Wildman–Crippen MR) is 98.9 cm³/mol. The Balaban J connectivity index is 1.90. The van der Waals surface area contributed by atoms with E-state index in [4.69, 9.17) is 4.98 Å². The van der Waals surface area contributed by atoms with Crippen molar-refractivity contribution < 1.29 is 0 Å². The van der Waals surface area contributed by atoms with E-state index >= 15 is 0 Å². The highest BCUT2D eigenvalue weighted by molar-refractivity contribution is 5.76. The third kappa shape index (κ3) is 2.80. The van der Waals surface area contributed by atoms with E-state index in [2.05, 4.69) is 58.8 Å². The monoisotopic (exact) mass is 333 g/mol. The normalized spacial score (nSPS) is 16.2. The van der Waals surface area contributed by atoms with E-state index in [-0.39, 0.29) is 6.04 Å². The van der Waals surface area contributed by atoms with E-state index in [1.807, 2.05) is 24.1 Å². The zero-order valence-electron chi connectivity index (χ0n) is 14.9. The Hall–Kier alpha value is -2.69. The molecule has 1 aromatic carbocycles. The van der Waals surface area contributed by atoms with Crippen molar-refractivity contribution in [2.75, 3.05) is 0 Å². The molecule has 1 aliphatic carbocycles. The van der Waals surface area contributed by atoms with E-state index in [0.717, 1.165) is 17.1 Å². The molecule has 1 saturated carbocycles. The first-order valence-corrected chi connectivity index (χ1v) is 8.80. The van der Waals surface area contributed by atoms with Crippen LogP contribution in [0, 0.1) is 5.92 Å². The molecule has 2 aromatic heterocycles. The van der Waals surface area contributed by atoms with Gasteiger partial charge < -0.3 is 4.57 Å². The average molecular weight is 333 g/mol. The van der Waals surface area contributed by atoms with Crippen molar-refractivity contribution in [3.8, 4) is 11.3 Å². The highest BCUT2D eigenvalue weighted by Crippen LogP contribution is 2.45. The van der Waals surface area contributed by atoms with Crippen molar-refractivity contribution >= 4 is 5.57 Å². The van der Waals surface area contributed by atoms with Gasteiger partial charge in [0.15, 0.2) is 0 Å². The molecule has 5 nitrogen and oxygen atoms in total. The summed E-state index contributed by atoms with van der Waals surface area (Å²) in [6, 6.07) is 10.6. The molecule has 5 heteroatoms. The third-order valence-electron chi connectivity index (χ3n) is 5.03. The van der Waals surface area contributed by atoms with E-state index in [1.54, 1.807) is 6.33 Å². The van der Waals surface area contributed by atoms with Crippen LogP contribution in [0.3, 0.4) is 0 Å². The maximum absolute atomic E-state index is 4.79. The van der Waals surface area contributed by atoms with Gasteiger partial charge in [0, 0.05) is 12.6 Å². The topological polar surface area (TPSA) is 48.5 Å². The molecule has 2 heterocycles. The van der Waals surface area contributed by atoms with Crippen LogP contribution >= 0.6 is 0 Å². The van der Waals surface area contributed by atoms with Gasteiger partial charge in [-0.2, -0.15) is 5.10 Å². The number of hydrogen-bond acceptors (Lipinski definition) is 3. The van der Waals surface area contributed by atoms with Gasteiger partial charge in [0.25, 0.3) is 0 Å². The van der Waals surface area contributed by atoms with Crippen molar-refractivity contribution in [1.29, 1.82) is 0 Å². The van der Waals surface area contributed by atoms with Gasteiger partial charge in [0.05, 0.1) is 23.8 Å². The lowest BCUT2D eigenvalue weighted by atomic mass is 10.0. The molecule has 0 radical (unpaired) electrons. The second kappa shape index (κ2) is 6.31. The van der Waals surface area contributed by atoms with Gasteiger partial charge in [-0.05, 0) is 38.2 Å². The Labute approximate surface area is 148 Å². The molecule has 4 rings (SSSR count). The van der Waals surface area contributed by atoms with Gasteiger partial charge in [0.2, 0.25) is 0 Å². The third-order valence-corrected chi connectivity index (χ3v) is 5.03. The minimum atomic E-state index is 0.183. The molecule has 3 aromatic rings. The summed E-state index contributed by atoms with van der Waals surface area (Å²) in [4.78, 5) is 9.34. The van der Waals surface area contributed by atoms with E-state index in [9.17, 15) is 0 Å². The van der Waals surface area contributed by atoms with E-state index < -0.39 is 0 Å². The summed E-state index contributed by atoms with van der Waals surface area (Å²) in [5.74, 6) is 1.61. The van der Waals surface area contributed by atoms with Crippen molar-refractivity contribution in [2.24, 2.45) is 13.0 Å². The molecular weight excluding hydrogens is 310 g/mol. The van der Waals surface area contributed by atoms with E-state index in [0.29, 0.717) is 5.92 Å². The van der Waals surface area contributed by atoms with Crippen LogP contribution in [0.5, 0.6) is 0 Å². The molecule has 0 N–H and O–H groups in total. The van der Waals surface area contributed by atoms with Crippen molar-refractivity contribution in [2.45, 2.75) is 32.7 Å². The van der Waals surface area contributed by atoms with Crippen molar-refractivity contribution in [3.05, 3.63) is 60.6 Å². The molecule has 1 aliphatic rings. The summed E-state index contributed by atoms with van der Waals surface area (Å²) in [5, 5.41) is 4.29. The molecule has 0 aliphatic heterocycles. The van der Waals surface area contributed by atoms with Crippen LogP contribution in [0.15, 0.2) is 49.1 Å². The molecule has 0 spiro atoms. The van der Waals surface area contributed by atoms with Crippen LogP contribution in [-0.4, -0.2) is 24.3 Å². The smallest absolute Gasteiger partial charge is 0.150 e. The van der Waals surface area contributed by atoms with Crippen molar-refractivity contribution in [1.82, 2.24) is 24.3 Å². The molecule has 0 saturated heterocycles. The summed E-state index contributed by atoms with van der Waals surface area (Å²) in [5.41, 5.74) is 4.58. The second-order valence-electron chi connectivity index (χ2n) is 6.71. The molecule has 1 atom stereocenters. The Bertz CT molecular complexity index is 899. The van der Waals surface area contributed by atoms with Crippen LogP contribution in [0.25, 0.3) is 16.8 Å². The van der Waals surface area contributed by atoms with Crippen LogP contribution in [0.1, 0.15) is 44.2 Å².